The summed E-state index contributed by atoms with van der Waals surface area (Å²) in [6, 6.07) is 0.110. The summed E-state index contributed by atoms with van der Waals surface area (Å²) in [4.78, 5) is 17.5. The Morgan fingerprint density at radius 2 is 2.00 bits per heavy atom. The number of carbonyl (C=O) groups is 1. The van der Waals surface area contributed by atoms with E-state index in [0.29, 0.717) is 25.9 Å². The number of amides is 1. The van der Waals surface area contributed by atoms with Gasteiger partial charge >= 0.3 is 6.18 Å². The summed E-state index contributed by atoms with van der Waals surface area (Å²) < 4.78 is 43.6. The number of piperidine rings is 1. The molecule has 3 rings (SSSR count). The van der Waals surface area contributed by atoms with Gasteiger partial charge in [-0.1, -0.05) is 0 Å². The standard InChI is InChI=1S/C17H22F3N5O2/c1-12-10-22-25(11-12)13-3-6-24(7-4-13)14(26)9-16(27,17(18,19)20)15-21-5-8-23(15)2/h5,8,10-11,13,27H,3-4,6-7,9H2,1-2H3/t16-/m1/s1. The minimum atomic E-state index is -5.02. The number of imidazole rings is 1. The zero-order valence-electron chi connectivity index (χ0n) is 15.1. The molecule has 0 aromatic carbocycles. The molecule has 1 aliphatic heterocycles. The maximum atomic E-state index is 13.6. The Bertz CT molecular complexity index is 808. The molecule has 1 amide bonds. The highest BCUT2D eigenvalue weighted by Crippen LogP contribution is 2.41. The fraction of sp³-hybridized carbons (Fsp3) is 0.588. The van der Waals surface area contributed by atoms with Crippen molar-refractivity contribution < 1.29 is 23.1 Å². The van der Waals surface area contributed by atoms with Crippen LogP contribution in [0.1, 0.15) is 36.7 Å². The normalized spacial score (nSPS) is 18.5. The number of aryl methyl sites for hydroxylation is 2. The number of aromatic nitrogens is 4. The summed E-state index contributed by atoms with van der Waals surface area (Å²) in [5.74, 6) is -1.34. The van der Waals surface area contributed by atoms with Crippen LogP contribution in [-0.4, -0.2) is 54.5 Å². The average molecular weight is 385 g/mol. The third kappa shape index (κ3) is 3.71. The van der Waals surface area contributed by atoms with Crippen LogP contribution in [-0.2, 0) is 17.4 Å². The first-order chi connectivity index (χ1) is 12.6. The molecule has 3 heterocycles. The van der Waals surface area contributed by atoms with Crippen molar-refractivity contribution in [3.8, 4) is 0 Å². The molecule has 0 spiro atoms. The third-order valence-corrected chi connectivity index (χ3v) is 4.99. The first-order valence-corrected chi connectivity index (χ1v) is 8.67. The molecular formula is C17H22F3N5O2. The second kappa shape index (κ2) is 6.99. The van der Waals surface area contributed by atoms with Crippen LogP contribution in [0.15, 0.2) is 24.8 Å². The molecule has 0 unspecified atom stereocenters. The van der Waals surface area contributed by atoms with Crippen LogP contribution in [0.25, 0.3) is 0 Å². The van der Waals surface area contributed by atoms with Gasteiger partial charge in [0.1, 0.15) is 0 Å². The van der Waals surface area contributed by atoms with E-state index in [4.69, 9.17) is 0 Å². The number of hydrogen-bond acceptors (Lipinski definition) is 4. The van der Waals surface area contributed by atoms with Crippen molar-refractivity contribution in [2.45, 2.75) is 44.0 Å². The van der Waals surface area contributed by atoms with E-state index in [1.54, 1.807) is 6.20 Å². The van der Waals surface area contributed by atoms with Crippen molar-refractivity contribution in [1.82, 2.24) is 24.2 Å². The van der Waals surface area contributed by atoms with Crippen molar-refractivity contribution in [3.63, 3.8) is 0 Å². The van der Waals surface area contributed by atoms with Gasteiger partial charge < -0.3 is 14.6 Å². The number of rotatable bonds is 4. The minimum Gasteiger partial charge on any atom is -0.374 e. The SMILES string of the molecule is Cc1cnn(C2CCN(C(=O)C[C@@](O)(c3nccn3C)C(F)(F)F)CC2)c1. The molecule has 2 aromatic heterocycles. The molecule has 1 aliphatic rings. The van der Waals surface area contributed by atoms with E-state index in [2.05, 4.69) is 10.1 Å². The first kappa shape index (κ1) is 19.4. The van der Waals surface area contributed by atoms with Crippen LogP contribution in [0.5, 0.6) is 0 Å². The largest absolute Gasteiger partial charge is 0.425 e. The summed E-state index contributed by atoms with van der Waals surface area (Å²) in [7, 11) is 1.35. The Labute approximate surface area is 154 Å². The molecule has 0 bridgehead atoms. The highest BCUT2D eigenvalue weighted by molar-refractivity contribution is 5.77. The van der Waals surface area contributed by atoms with Gasteiger partial charge in [-0.05, 0) is 25.3 Å². The first-order valence-electron chi connectivity index (χ1n) is 8.67. The zero-order valence-corrected chi connectivity index (χ0v) is 15.1. The quantitative estimate of drug-likeness (QED) is 0.873. The number of carbonyl (C=O) groups excluding carboxylic acids is 1. The Morgan fingerprint density at radius 3 is 2.48 bits per heavy atom. The van der Waals surface area contributed by atoms with Gasteiger partial charge in [0, 0.05) is 38.7 Å². The lowest BCUT2D eigenvalue weighted by Gasteiger charge is -2.35. The van der Waals surface area contributed by atoms with Crippen molar-refractivity contribution in [3.05, 3.63) is 36.2 Å². The van der Waals surface area contributed by atoms with E-state index < -0.39 is 29.9 Å². The van der Waals surface area contributed by atoms with Crippen molar-refractivity contribution >= 4 is 5.91 Å². The van der Waals surface area contributed by atoms with Gasteiger partial charge in [0.05, 0.1) is 18.7 Å². The monoisotopic (exact) mass is 385 g/mol. The van der Waals surface area contributed by atoms with Crippen molar-refractivity contribution in [2.24, 2.45) is 7.05 Å². The van der Waals surface area contributed by atoms with Crippen LogP contribution in [0.3, 0.4) is 0 Å². The highest BCUT2D eigenvalue weighted by atomic mass is 19.4. The predicted octanol–water partition coefficient (Wildman–Crippen LogP) is 1.93. The molecule has 1 atom stereocenters. The van der Waals surface area contributed by atoms with Crippen LogP contribution in [0.2, 0.25) is 0 Å². The van der Waals surface area contributed by atoms with Crippen LogP contribution in [0, 0.1) is 6.92 Å². The van der Waals surface area contributed by atoms with Crippen molar-refractivity contribution in [1.29, 1.82) is 0 Å². The lowest BCUT2D eigenvalue weighted by Crippen LogP contribution is -2.49. The molecule has 1 fully saturated rings. The molecule has 0 aliphatic carbocycles. The smallest absolute Gasteiger partial charge is 0.374 e. The fourth-order valence-electron chi connectivity index (χ4n) is 3.41. The van der Waals surface area contributed by atoms with Gasteiger partial charge in [0.15, 0.2) is 5.82 Å². The van der Waals surface area contributed by atoms with Gasteiger partial charge in [-0.3, -0.25) is 9.48 Å². The maximum Gasteiger partial charge on any atom is 0.425 e. The summed E-state index contributed by atoms with van der Waals surface area (Å²) in [6.45, 7) is 2.56. The number of alkyl halides is 3. The highest BCUT2D eigenvalue weighted by Gasteiger charge is 2.59. The zero-order chi connectivity index (χ0) is 19.8. The molecule has 1 saturated heterocycles. The summed E-state index contributed by atoms with van der Waals surface area (Å²) in [5.41, 5.74) is -2.29. The fourth-order valence-corrected chi connectivity index (χ4v) is 3.41. The summed E-state index contributed by atoms with van der Waals surface area (Å²) in [5, 5.41) is 14.6. The molecule has 2 aromatic rings. The van der Waals surface area contributed by atoms with Gasteiger partial charge in [0.2, 0.25) is 11.5 Å². The Kier molecular flexibility index (Phi) is 5.02. The number of nitrogens with zero attached hydrogens (tertiary/aromatic N) is 5. The summed E-state index contributed by atoms with van der Waals surface area (Å²) in [6.07, 6.45) is 1.20. The molecule has 0 saturated carbocycles. The van der Waals surface area contributed by atoms with E-state index in [1.807, 2.05) is 17.8 Å². The van der Waals surface area contributed by atoms with Gasteiger partial charge in [-0.25, -0.2) is 4.98 Å². The Hall–Kier alpha value is -2.36. The van der Waals surface area contributed by atoms with E-state index in [9.17, 15) is 23.1 Å². The number of aliphatic hydroxyl groups is 1. The predicted molar refractivity (Wildman–Crippen MR) is 89.6 cm³/mol. The number of halogens is 3. The lowest BCUT2D eigenvalue weighted by atomic mass is 9.95. The lowest BCUT2D eigenvalue weighted by molar-refractivity contribution is -0.272. The van der Waals surface area contributed by atoms with E-state index in [1.165, 1.54) is 18.1 Å². The van der Waals surface area contributed by atoms with E-state index in [0.717, 1.165) is 16.3 Å². The minimum absolute atomic E-state index is 0.110. The average Bonchev–Trinajstić information content (AvgIpc) is 3.22. The molecule has 1 N–H and O–H groups in total. The molecule has 10 heteroatoms. The molecule has 0 radical (unpaired) electrons. The van der Waals surface area contributed by atoms with E-state index >= 15 is 0 Å². The Morgan fingerprint density at radius 1 is 1.33 bits per heavy atom. The van der Waals surface area contributed by atoms with Crippen LogP contribution in [0.4, 0.5) is 13.2 Å². The van der Waals surface area contributed by atoms with Crippen LogP contribution < -0.4 is 0 Å². The van der Waals surface area contributed by atoms with Gasteiger partial charge in [-0.15, -0.1) is 0 Å². The van der Waals surface area contributed by atoms with Gasteiger partial charge in [0.25, 0.3) is 0 Å². The third-order valence-electron chi connectivity index (χ3n) is 4.99. The molecule has 148 valence electrons. The Balaban J connectivity index is 1.69. The summed E-state index contributed by atoms with van der Waals surface area (Å²) >= 11 is 0. The number of hydrogen-bond donors (Lipinski definition) is 1. The van der Waals surface area contributed by atoms with Crippen LogP contribution >= 0.6 is 0 Å². The molecule has 7 nitrogen and oxygen atoms in total. The van der Waals surface area contributed by atoms with Gasteiger partial charge in [-0.2, -0.15) is 18.3 Å². The number of likely N-dealkylation sites (tertiary alicyclic amines) is 1. The van der Waals surface area contributed by atoms with Crippen molar-refractivity contribution in [2.75, 3.05) is 13.1 Å². The molecule has 27 heavy (non-hydrogen) atoms. The van der Waals surface area contributed by atoms with E-state index in [-0.39, 0.29) is 6.04 Å². The second-order valence-electron chi connectivity index (χ2n) is 7.01. The maximum absolute atomic E-state index is 13.6. The second-order valence-corrected chi connectivity index (χ2v) is 7.01. The topological polar surface area (TPSA) is 76.2 Å². The molecular weight excluding hydrogens is 363 g/mol.